The number of benzene rings is 1. The van der Waals surface area contributed by atoms with Crippen molar-refractivity contribution in [3.8, 4) is 0 Å². The van der Waals surface area contributed by atoms with E-state index in [-0.39, 0.29) is 12.5 Å². The third-order valence-electron chi connectivity index (χ3n) is 2.81. The van der Waals surface area contributed by atoms with Crippen LogP contribution in [-0.2, 0) is 11.3 Å². The molecule has 1 amide bonds. The number of amides is 1. The summed E-state index contributed by atoms with van der Waals surface area (Å²) in [5.74, 6) is -0.00854. The number of fused-ring (bicyclic) bond motifs is 1. The molecule has 0 bridgehead atoms. The standard InChI is InChI=1S/C14H17ClN2O2/c1-2-7-17-13(18)9-16-8-11-10-5-3-4-6-12(10)19-14(11)15/h3-6,16H,2,7-9H2,1H3,(H,17,18). The van der Waals surface area contributed by atoms with Crippen molar-refractivity contribution < 1.29 is 9.21 Å². The highest BCUT2D eigenvalue weighted by Gasteiger charge is 2.11. The van der Waals surface area contributed by atoms with Gasteiger partial charge in [-0.1, -0.05) is 25.1 Å². The fraction of sp³-hybridized carbons (Fsp3) is 0.357. The highest BCUT2D eigenvalue weighted by Crippen LogP contribution is 2.29. The lowest BCUT2D eigenvalue weighted by Crippen LogP contribution is -2.33. The van der Waals surface area contributed by atoms with E-state index in [2.05, 4.69) is 10.6 Å². The van der Waals surface area contributed by atoms with Crippen molar-refractivity contribution in [2.75, 3.05) is 13.1 Å². The first kappa shape index (κ1) is 13.9. The zero-order valence-corrected chi connectivity index (χ0v) is 11.6. The van der Waals surface area contributed by atoms with E-state index >= 15 is 0 Å². The monoisotopic (exact) mass is 280 g/mol. The van der Waals surface area contributed by atoms with Gasteiger partial charge in [0, 0.05) is 24.0 Å². The Bertz CT molecular complexity index is 566. The molecular formula is C14H17ClN2O2. The highest BCUT2D eigenvalue weighted by molar-refractivity contribution is 6.30. The highest BCUT2D eigenvalue weighted by atomic mass is 35.5. The molecule has 19 heavy (non-hydrogen) atoms. The third-order valence-corrected chi connectivity index (χ3v) is 3.11. The average Bonchev–Trinajstić information content (AvgIpc) is 2.73. The van der Waals surface area contributed by atoms with Crippen LogP contribution in [0.5, 0.6) is 0 Å². The summed E-state index contributed by atoms with van der Waals surface area (Å²) in [7, 11) is 0. The molecule has 102 valence electrons. The Morgan fingerprint density at radius 2 is 2.16 bits per heavy atom. The Morgan fingerprint density at radius 3 is 2.95 bits per heavy atom. The van der Waals surface area contributed by atoms with Crippen LogP contribution in [0.3, 0.4) is 0 Å². The number of nitrogens with one attached hydrogen (secondary N) is 2. The van der Waals surface area contributed by atoms with Crippen molar-refractivity contribution >= 4 is 28.5 Å². The summed E-state index contributed by atoms with van der Waals surface area (Å²) in [5.41, 5.74) is 1.65. The summed E-state index contributed by atoms with van der Waals surface area (Å²) in [6, 6.07) is 7.67. The normalized spacial score (nSPS) is 10.8. The van der Waals surface area contributed by atoms with E-state index in [1.807, 2.05) is 31.2 Å². The number of carbonyl (C=O) groups excluding carboxylic acids is 1. The Labute approximate surface area is 117 Å². The van der Waals surface area contributed by atoms with Gasteiger partial charge < -0.3 is 15.1 Å². The van der Waals surface area contributed by atoms with Crippen LogP contribution in [-0.4, -0.2) is 19.0 Å². The van der Waals surface area contributed by atoms with E-state index in [9.17, 15) is 4.79 Å². The Kier molecular flexibility index (Phi) is 4.82. The van der Waals surface area contributed by atoms with Crippen LogP contribution < -0.4 is 10.6 Å². The molecule has 1 aromatic heterocycles. The lowest BCUT2D eigenvalue weighted by atomic mass is 10.2. The lowest BCUT2D eigenvalue weighted by Gasteiger charge is -2.05. The van der Waals surface area contributed by atoms with Gasteiger partial charge in [0.2, 0.25) is 5.91 Å². The van der Waals surface area contributed by atoms with E-state index in [4.69, 9.17) is 16.0 Å². The van der Waals surface area contributed by atoms with Crippen LogP contribution in [0.4, 0.5) is 0 Å². The van der Waals surface area contributed by atoms with E-state index in [1.165, 1.54) is 0 Å². The number of hydrogen-bond acceptors (Lipinski definition) is 3. The Balaban J connectivity index is 1.94. The molecular weight excluding hydrogens is 264 g/mol. The number of furan rings is 1. The van der Waals surface area contributed by atoms with Crippen LogP contribution in [0.1, 0.15) is 18.9 Å². The number of halogens is 1. The molecule has 0 aliphatic carbocycles. The van der Waals surface area contributed by atoms with Crippen molar-refractivity contribution in [1.82, 2.24) is 10.6 Å². The molecule has 2 rings (SSSR count). The molecule has 0 radical (unpaired) electrons. The minimum absolute atomic E-state index is 0.00854. The summed E-state index contributed by atoms with van der Waals surface area (Å²) in [6.45, 7) is 3.51. The van der Waals surface area contributed by atoms with Gasteiger partial charge in [0.15, 0.2) is 5.22 Å². The van der Waals surface area contributed by atoms with Crippen LogP contribution >= 0.6 is 11.6 Å². The number of para-hydroxylation sites is 1. The van der Waals surface area contributed by atoms with Crippen molar-refractivity contribution in [2.24, 2.45) is 0 Å². The maximum absolute atomic E-state index is 11.4. The Hall–Kier alpha value is -1.52. The maximum atomic E-state index is 11.4. The molecule has 5 heteroatoms. The van der Waals surface area contributed by atoms with Crippen molar-refractivity contribution in [2.45, 2.75) is 19.9 Å². The second kappa shape index (κ2) is 6.59. The predicted octanol–water partition coefficient (Wildman–Crippen LogP) is 2.70. The Morgan fingerprint density at radius 1 is 1.37 bits per heavy atom. The summed E-state index contributed by atoms with van der Waals surface area (Å²) >= 11 is 6.06. The summed E-state index contributed by atoms with van der Waals surface area (Å²) in [4.78, 5) is 11.4. The van der Waals surface area contributed by atoms with E-state index in [1.54, 1.807) is 0 Å². The van der Waals surface area contributed by atoms with E-state index in [0.29, 0.717) is 18.3 Å². The predicted molar refractivity (Wildman–Crippen MR) is 76.2 cm³/mol. The van der Waals surface area contributed by atoms with E-state index < -0.39 is 0 Å². The zero-order valence-electron chi connectivity index (χ0n) is 10.8. The molecule has 0 aliphatic rings. The SMILES string of the molecule is CCCNC(=O)CNCc1c(Cl)oc2ccccc12. The molecule has 0 fully saturated rings. The van der Waals surface area contributed by atoms with Crippen LogP contribution in [0.2, 0.25) is 5.22 Å². The van der Waals surface area contributed by atoms with Crippen molar-refractivity contribution in [1.29, 1.82) is 0 Å². The molecule has 2 N–H and O–H groups in total. The van der Waals surface area contributed by atoms with Crippen molar-refractivity contribution in [3.05, 3.63) is 35.0 Å². The molecule has 0 unspecified atom stereocenters. The van der Waals surface area contributed by atoms with Gasteiger partial charge in [-0.25, -0.2) is 0 Å². The fourth-order valence-corrected chi connectivity index (χ4v) is 2.11. The first-order valence-corrected chi connectivity index (χ1v) is 6.73. The van der Waals surface area contributed by atoms with E-state index in [0.717, 1.165) is 23.0 Å². The van der Waals surface area contributed by atoms with Gasteiger partial charge in [0.25, 0.3) is 0 Å². The topological polar surface area (TPSA) is 54.3 Å². The van der Waals surface area contributed by atoms with Crippen molar-refractivity contribution in [3.63, 3.8) is 0 Å². The summed E-state index contributed by atoms with van der Waals surface area (Å²) < 4.78 is 5.45. The largest absolute Gasteiger partial charge is 0.444 e. The number of rotatable bonds is 6. The van der Waals surface area contributed by atoms with Crippen LogP contribution in [0.15, 0.2) is 28.7 Å². The molecule has 0 saturated carbocycles. The third kappa shape index (κ3) is 3.49. The number of carbonyl (C=O) groups is 1. The van der Waals surface area contributed by atoms with Crippen LogP contribution in [0, 0.1) is 0 Å². The van der Waals surface area contributed by atoms with Crippen LogP contribution in [0.25, 0.3) is 11.0 Å². The van der Waals surface area contributed by atoms with Gasteiger partial charge in [0.05, 0.1) is 6.54 Å². The van der Waals surface area contributed by atoms with Gasteiger partial charge in [-0.05, 0) is 24.1 Å². The smallest absolute Gasteiger partial charge is 0.233 e. The van der Waals surface area contributed by atoms with Gasteiger partial charge in [-0.2, -0.15) is 0 Å². The quantitative estimate of drug-likeness (QED) is 0.855. The molecule has 0 aliphatic heterocycles. The molecule has 0 atom stereocenters. The summed E-state index contributed by atoms with van der Waals surface area (Å²) in [5, 5.41) is 7.24. The first-order valence-electron chi connectivity index (χ1n) is 6.35. The molecule has 4 nitrogen and oxygen atoms in total. The maximum Gasteiger partial charge on any atom is 0.233 e. The lowest BCUT2D eigenvalue weighted by molar-refractivity contribution is -0.120. The molecule has 0 spiro atoms. The second-order valence-corrected chi connectivity index (χ2v) is 4.65. The average molecular weight is 281 g/mol. The molecule has 1 heterocycles. The summed E-state index contributed by atoms with van der Waals surface area (Å²) in [6.07, 6.45) is 0.934. The van der Waals surface area contributed by atoms with Gasteiger partial charge in [-0.15, -0.1) is 0 Å². The first-order chi connectivity index (χ1) is 9.22. The molecule has 0 saturated heterocycles. The van der Waals surface area contributed by atoms with Gasteiger partial charge in [-0.3, -0.25) is 4.79 Å². The molecule has 2 aromatic rings. The fourth-order valence-electron chi connectivity index (χ4n) is 1.86. The van der Waals surface area contributed by atoms with Gasteiger partial charge in [0.1, 0.15) is 5.58 Å². The minimum Gasteiger partial charge on any atom is -0.444 e. The zero-order chi connectivity index (χ0) is 13.7. The second-order valence-electron chi connectivity index (χ2n) is 4.30. The number of hydrogen-bond donors (Lipinski definition) is 2. The molecule has 1 aromatic carbocycles. The minimum atomic E-state index is -0.00854. The van der Waals surface area contributed by atoms with Gasteiger partial charge >= 0.3 is 0 Å².